The van der Waals surface area contributed by atoms with Crippen LogP contribution in [0.4, 0.5) is 0 Å². The molecule has 0 aliphatic rings. The van der Waals surface area contributed by atoms with Crippen LogP contribution in [-0.4, -0.2) is 22.2 Å². The largest absolute Gasteiger partial charge is 0.478 e. The van der Waals surface area contributed by atoms with Gasteiger partial charge in [0.2, 0.25) is 0 Å². The van der Waals surface area contributed by atoms with Gasteiger partial charge in [-0.05, 0) is 5.92 Å². The minimum atomic E-state index is -1.01. The fraction of sp³-hybridized carbons (Fsp3) is 0.200. The number of carboxylic acid groups (broad SMARTS) is 2. The molecule has 0 heterocycles. The molecule has 14 heavy (non-hydrogen) atoms. The van der Waals surface area contributed by atoms with Crippen molar-refractivity contribution in [2.75, 3.05) is 0 Å². The second-order valence-corrected chi connectivity index (χ2v) is 2.64. The Hall–Kier alpha value is -1.84. The summed E-state index contributed by atoms with van der Waals surface area (Å²) in [6.07, 6.45) is 8.20. The molecule has 0 rings (SSSR count). The molecule has 1 atom stereocenters. The molecule has 0 aromatic heterocycles. The van der Waals surface area contributed by atoms with E-state index in [9.17, 15) is 9.59 Å². The van der Waals surface area contributed by atoms with E-state index in [1.54, 1.807) is 19.1 Å². The Morgan fingerprint density at radius 3 is 2.07 bits per heavy atom. The standard InChI is InChI=1S/C10H12O4/c1-8(6-7-10(13)14)4-2-3-5-9(11)12/h2-8H,1H3,(H,11,12)(H,13,14). The molecule has 0 aliphatic heterocycles. The molecule has 0 saturated carbocycles. The predicted octanol–water partition coefficient (Wildman–Crippen LogP) is 1.46. The molecular formula is C10H12O4. The molecule has 4 nitrogen and oxygen atoms in total. The molecular weight excluding hydrogens is 184 g/mol. The van der Waals surface area contributed by atoms with Crippen molar-refractivity contribution in [1.82, 2.24) is 0 Å². The maximum atomic E-state index is 10.1. The van der Waals surface area contributed by atoms with Crippen molar-refractivity contribution in [2.24, 2.45) is 5.92 Å². The molecule has 0 aliphatic carbocycles. The summed E-state index contributed by atoms with van der Waals surface area (Å²) >= 11 is 0. The van der Waals surface area contributed by atoms with Crippen LogP contribution in [-0.2, 0) is 9.59 Å². The smallest absolute Gasteiger partial charge is 0.328 e. The number of hydrogen-bond donors (Lipinski definition) is 2. The summed E-state index contributed by atoms with van der Waals surface area (Å²) in [6.45, 7) is 1.80. The van der Waals surface area contributed by atoms with E-state index in [-0.39, 0.29) is 5.92 Å². The average Bonchev–Trinajstić information content (AvgIpc) is 2.08. The Bertz CT molecular complexity index is 286. The van der Waals surface area contributed by atoms with Crippen LogP contribution in [0, 0.1) is 5.92 Å². The van der Waals surface area contributed by atoms with Gasteiger partial charge in [-0.25, -0.2) is 9.59 Å². The highest BCUT2D eigenvalue weighted by Gasteiger charge is 1.90. The van der Waals surface area contributed by atoms with Gasteiger partial charge >= 0.3 is 11.9 Å². The highest BCUT2D eigenvalue weighted by molar-refractivity contribution is 5.80. The predicted molar refractivity (Wildman–Crippen MR) is 51.9 cm³/mol. The molecule has 0 radical (unpaired) electrons. The summed E-state index contributed by atoms with van der Waals surface area (Å²) in [6, 6.07) is 0. The topological polar surface area (TPSA) is 74.6 Å². The second-order valence-electron chi connectivity index (χ2n) is 2.64. The van der Waals surface area contributed by atoms with Crippen LogP contribution in [0.1, 0.15) is 6.92 Å². The van der Waals surface area contributed by atoms with Crippen molar-refractivity contribution in [3.63, 3.8) is 0 Å². The summed E-state index contributed by atoms with van der Waals surface area (Å²) in [5, 5.41) is 16.5. The highest BCUT2D eigenvalue weighted by atomic mass is 16.4. The van der Waals surface area contributed by atoms with Gasteiger partial charge in [0.15, 0.2) is 0 Å². The number of carbonyl (C=O) groups is 2. The van der Waals surface area contributed by atoms with Crippen molar-refractivity contribution in [1.29, 1.82) is 0 Å². The van der Waals surface area contributed by atoms with Crippen molar-refractivity contribution in [3.05, 3.63) is 36.5 Å². The number of aliphatic carboxylic acids is 2. The number of hydrogen-bond acceptors (Lipinski definition) is 2. The van der Waals surface area contributed by atoms with Crippen molar-refractivity contribution in [2.45, 2.75) is 6.92 Å². The van der Waals surface area contributed by atoms with Crippen LogP contribution in [0.2, 0.25) is 0 Å². The summed E-state index contributed by atoms with van der Waals surface area (Å²) < 4.78 is 0. The summed E-state index contributed by atoms with van der Waals surface area (Å²) in [7, 11) is 0. The molecule has 76 valence electrons. The first kappa shape index (κ1) is 12.2. The van der Waals surface area contributed by atoms with Crippen LogP contribution in [0.25, 0.3) is 0 Å². The Labute approximate surface area is 81.9 Å². The summed E-state index contributed by atoms with van der Waals surface area (Å²) in [4.78, 5) is 20.2. The highest BCUT2D eigenvalue weighted by Crippen LogP contribution is 1.99. The van der Waals surface area contributed by atoms with Gasteiger partial charge in [-0.1, -0.05) is 31.2 Å². The minimum Gasteiger partial charge on any atom is -0.478 e. The van der Waals surface area contributed by atoms with Gasteiger partial charge in [0.1, 0.15) is 0 Å². The lowest BCUT2D eigenvalue weighted by Crippen LogP contribution is -1.89. The first-order valence-electron chi connectivity index (χ1n) is 4.01. The molecule has 0 fully saturated rings. The summed E-state index contributed by atoms with van der Waals surface area (Å²) in [5.41, 5.74) is 0. The van der Waals surface area contributed by atoms with E-state index in [4.69, 9.17) is 10.2 Å². The van der Waals surface area contributed by atoms with Crippen LogP contribution in [0.15, 0.2) is 36.5 Å². The molecule has 0 aromatic rings. The number of rotatable bonds is 5. The Kier molecular flexibility index (Phi) is 5.78. The Balaban J connectivity index is 3.99. The monoisotopic (exact) mass is 196 g/mol. The maximum Gasteiger partial charge on any atom is 0.328 e. The lowest BCUT2D eigenvalue weighted by molar-refractivity contribution is -0.132. The Morgan fingerprint density at radius 1 is 1.00 bits per heavy atom. The van der Waals surface area contributed by atoms with Crippen LogP contribution < -0.4 is 0 Å². The average molecular weight is 196 g/mol. The van der Waals surface area contributed by atoms with Gasteiger partial charge in [0, 0.05) is 12.2 Å². The third-order valence-electron chi connectivity index (χ3n) is 1.31. The van der Waals surface area contributed by atoms with E-state index in [0.29, 0.717) is 0 Å². The first-order chi connectivity index (χ1) is 6.52. The first-order valence-corrected chi connectivity index (χ1v) is 4.01. The summed E-state index contributed by atoms with van der Waals surface area (Å²) in [5.74, 6) is -2.04. The zero-order valence-electron chi connectivity index (χ0n) is 7.75. The molecule has 0 saturated heterocycles. The van der Waals surface area contributed by atoms with Gasteiger partial charge in [-0.15, -0.1) is 0 Å². The lowest BCUT2D eigenvalue weighted by Gasteiger charge is -1.93. The second kappa shape index (κ2) is 6.65. The molecule has 0 spiro atoms. The minimum absolute atomic E-state index is 0.0375. The lowest BCUT2D eigenvalue weighted by atomic mass is 10.1. The Morgan fingerprint density at radius 2 is 1.57 bits per heavy atom. The van der Waals surface area contributed by atoms with E-state index in [1.807, 2.05) is 0 Å². The van der Waals surface area contributed by atoms with E-state index < -0.39 is 11.9 Å². The maximum absolute atomic E-state index is 10.1. The van der Waals surface area contributed by atoms with Crippen LogP contribution in [0.3, 0.4) is 0 Å². The fourth-order valence-electron chi connectivity index (χ4n) is 0.676. The fourth-order valence-corrected chi connectivity index (χ4v) is 0.676. The number of allylic oxidation sites excluding steroid dienone is 4. The van der Waals surface area contributed by atoms with E-state index in [2.05, 4.69) is 0 Å². The van der Waals surface area contributed by atoms with Gasteiger partial charge in [0.25, 0.3) is 0 Å². The van der Waals surface area contributed by atoms with E-state index in [1.165, 1.54) is 12.2 Å². The quantitative estimate of drug-likeness (QED) is 0.515. The SMILES string of the molecule is CC(C=CC=CC(=O)O)C=CC(=O)O. The van der Waals surface area contributed by atoms with Crippen molar-refractivity contribution >= 4 is 11.9 Å². The van der Waals surface area contributed by atoms with E-state index >= 15 is 0 Å². The van der Waals surface area contributed by atoms with Crippen molar-refractivity contribution in [3.8, 4) is 0 Å². The zero-order chi connectivity index (χ0) is 11.0. The molecule has 4 heteroatoms. The molecule has 1 unspecified atom stereocenters. The van der Waals surface area contributed by atoms with Gasteiger partial charge in [-0.3, -0.25) is 0 Å². The zero-order valence-corrected chi connectivity index (χ0v) is 7.75. The normalized spacial score (nSPS) is 14.1. The van der Waals surface area contributed by atoms with Crippen molar-refractivity contribution < 1.29 is 19.8 Å². The van der Waals surface area contributed by atoms with Gasteiger partial charge in [0.05, 0.1) is 0 Å². The molecule has 0 aromatic carbocycles. The van der Waals surface area contributed by atoms with Gasteiger partial charge in [-0.2, -0.15) is 0 Å². The third kappa shape index (κ3) is 8.26. The third-order valence-corrected chi connectivity index (χ3v) is 1.31. The van der Waals surface area contributed by atoms with Crippen LogP contribution >= 0.6 is 0 Å². The molecule has 2 N–H and O–H groups in total. The van der Waals surface area contributed by atoms with Crippen LogP contribution in [0.5, 0.6) is 0 Å². The van der Waals surface area contributed by atoms with Gasteiger partial charge < -0.3 is 10.2 Å². The van der Waals surface area contributed by atoms with E-state index in [0.717, 1.165) is 12.2 Å². The molecule has 0 amide bonds. The molecule has 0 bridgehead atoms. The number of carboxylic acids is 2.